The van der Waals surface area contributed by atoms with Crippen molar-refractivity contribution in [3.8, 4) is 28.5 Å². The van der Waals surface area contributed by atoms with E-state index < -0.39 is 6.04 Å². The molecule has 1 aliphatic rings. The first-order valence-electron chi connectivity index (χ1n) is 13.4. The Bertz CT molecular complexity index is 1690. The molecule has 2 N–H and O–H groups in total. The van der Waals surface area contributed by atoms with Gasteiger partial charge in [-0.3, -0.25) is 9.89 Å². The number of hydrogen-bond acceptors (Lipinski definition) is 5. The lowest BCUT2D eigenvalue weighted by Crippen LogP contribution is -2.29. The molecule has 5 aromatic rings. The average Bonchev–Trinajstić information content (AvgIpc) is 3.53. The normalized spacial score (nSPS) is 14.2. The molecule has 1 aliphatic heterocycles. The van der Waals surface area contributed by atoms with Gasteiger partial charge < -0.3 is 19.5 Å². The van der Waals surface area contributed by atoms with Crippen molar-refractivity contribution in [2.75, 3.05) is 6.61 Å². The van der Waals surface area contributed by atoms with Gasteiger partial charge in [0, 0.05) is 22.7 Å². The van der Waals surface area contributed by atoms with E-state index in [2.05, 4.69) is 10.2 Å². The number of aromatic amines is 1. The number of halogens is 1. The summed E-state index contributed by atoms with van der Waals surface area (Å²) in [5.74, 6) is 1.10. The van der Waals surface area contributed by atoms with Gasteiger partial charge in [0.15, 0.2) is 11.5 Å². The number of phenols is 1. The van der Waals surface area contributed by atoms with E-state index in [-0.39, 0.29) is 11.7 Å². The van der Waals surface area contributed by atoms with Gasteiger partial charge >= 0.3 is 0 Å². The number of para-hydroxylation sites is 1. The molecule has 0 bridgehead atoms. The topological polar surface area (TPSA) is 87.7 Å². The van der Waals surface area contributed by atoms with Crippen LogP contribution in [-0.4, -0.2) is 32.7 Å². The molecule has 0 saturated heterocycles. The van der Waals surface area contributed by atoms with E-state index in [1.807, 2.05) is 85.8 Å². The van der Waals surface area contributed by atoms with Gasteiger partial charge in [-0.05, 0) is 60.0 Å². The van der Waals surface area contributed by atoms with Crippen LogP contribution in [0.2, 0.25) is 5.02 Å². The van der Waals surface area contributed by atoms with Gasteiger partial charge in [-0.1, -0.05) is 72.3 Å². The van der Waals surface area contributed by atoms with Crippen LogP contribution in [0.4, 0.5) is 0 Å². The number of H-pyrrole nitrogens is 1. The first-order valence-corrected chi connectivity index (χ1v) is 13.8. The molecule has 41 heavy (non-hydrogen) atoms. The highest BCUT2D eigenvalue weighted by molar-refractivity contribution is 6.30. The molecule has 1 atom stereocenters. The van der Waals surface area contributed by atoms with Gasteiger partial charge in [0.25, 0.3) is 5.91 Å². The van der Waals surface area contributed by atoms with Gasteiger partial charge in [-0.15, -0.1) is 0 Å². The molecule has 8 heteroatoms. The molecule has 4 aromatic carbocycles. The number of amides is 1. The third-order valence-corrected chi connectivity index (χ3v) is 7.36. The summed E-state index contributed by atoms with van der Waals surface area (Å²) in [7, 11) is 0. The van der Waals surface area contributed by atoms with Crippen LogP contribution in [0.5, 0.6) is 17.2 Å². The van der Waals surface area contributed by atoms with Crippen molar-refractivity contribution in [2.45, 2.75) is 26.1 Å². The molecule has 6 rings (SSSR count). The second-order valence-electron chi connectivity index (χ2n) is 9.75. The minimum Gasteiger partial charge on any atom is -0.507 e. The maximum Gasteiger partial charge on any atom is 0.273 e. The van der Waals surface area contributed by atoms with Crippen LogP contribution >= 0.6 is 11.6 Å². The lowest BCUT2D eigenvalue weighted by molar-refractivity contribution is 0.0729. The zero-order valence-electron chi connectivity index (χ0n) is 22.4. The zero-order valence-corrected chi connectivity index (χ0v) is 23.1. The Balaban J connectivity index is 1.43. The molecule has 0 saturated carbocycles. The summed E-state index contributed by atoms with van der Waals surface area (Å²) in [6.07, 6.45) is 0. The molecule has 1 amide bonds. The van der Waals surface area contributed by atoms with Crippen LogP contribution in [-0.2, 0) is 13.2 Å². The fourth-order valence-corrected chi connectivity index (χ4v) is 5.32. The van der Waals surface area contributed by atoms with Crippen molar-refractivity contribution in [1.82, 2.24) is 15.1 Å². The molecule has 0 aliphatic carbocycles. The fraction of sp³-hybridized carbons (Fsp3) is 0.152. The maximum absolute atomic E-state index is 13.8. The number of aromatic hydroxyl groups is 1. The van der Waals surface area contributed by atoms with Crippen molar-refractivity contribution in [3.63, 3.8) is 0 Å². The first-order chi connectivity index (χ1) is 20.0. The molecular formula is C33H28ClN3O4. The Morgan fingerprint density at radius 3 is 2.41 bits per heavy atom. The summed E-state index contributed by atoms with van der Waals surface area (Å²) in [5.41, 5.74) is 4.98. The van der Waals surface area contributed by atoms with Gasteiger partial charge in [-0.2, -0.15) is 5.10 Å². The Labute approximate surface area is 242 Å². The number of nitrogens with one attached hydrogen (secondary N) is 1. The van der Waals surface area contributed by atoms with Crippen LogP contribution in [0.15, 0.2) is 97.1 Å². The molecule has 0 fully saturated rings. The van der Waals surface area contributed by atoms with Crippen LogP contribution in [0, 0.1) is 0 Å². The van der Waals surface area contributed by atoms with Crippen LogP contribution in [0.25, 0.3) is 11.3 Å². The number of ether oxygens (including phenoxy) is 2. The molecule has 2 heterocycles. The lowest BCUT2D eigenvalue weighted by atomic mass is 9.95. The minimum absolute atomic E-state index is 0.0869. The van der Waals surface area contributed by atoms with Gasteiger partial charge in [0.05, 0.1) is 12.6 Å². The molecule has 0 radical (unpaired) electrons. The average molecular weight is 566 g/mol. The van der Waals surface area contributed by atoms with Crippen LogP contribution in [0.1, 0.15) is 45.7 Å². The molecule has 1 aromatic heterocycles. The number of carbonyl (C=O) groups excluding carboxylic acids is 1. The van der Waals surface area contributed by atoms with Crippen molar-refractivity contribution in [3.05, 3.63) is 130 Å². The highest BCUT2D eigenvalue weighted by atomic mass is 35.5. The molecule has 7 nitrogen and oxygen atoms in total. The van der Waals surface area contributed by atoms with Crippen molar-refractivity contribution < 1.29 is 19.4 Å². The summed E-state index contributed by atoms with van der Waals surface area (Å²) in [5, 5.41) is 18.7. The third-order valence-electron chi connectivity index (χ3n) is 7.11. The smallest absolute Gasteiger partial charge is 0.273 e. The van der Waals surface area contributed by atoms with Crippen LogP contribution in [0.3, 0.4) is 0 Å². The number of phenolic OH excluding ortho intramolecular Hbond substituents is 1. The van der Waals surface area contributed by atoms with Gasteiger partial charge in [-0.25, -0.2) is 0 Å². The Morgan fingerprint density at radius 2 is 1.66 bits per heavy atom. The minimum atomic E-state index is -0.496. The van der Waals surface area contributed by atoms with Gasteiger partial charge in [0.1, 0.15) is 23.7 Å². The number of benzene rings is 4. The number of carbonyl (C=O) groups is 1. The Morgan fingerprint density at radius 1 is 0.902 bits per heavy atom. The predicted molar refractivity (Wildman–Crippen MR) is 157 cm³/mol. The largest absolute Gasteiger partial charge is 0.507 e. The number of rotatable bonds is 9. The standard InChI is InChI=1S/C33H28ClN3O4/c1-2-40-28-18-23(14-17-27(28)41-20-22-8-4-3-5-9-22)32-29-30(25-10-6-7-11-26(25)38)35-36-31(29)33(39)37(32)19-21-12-15-24(34)16-13-21/h3-18,32,38H,2,19-20H2,1H3,(H,35,36). The van der Waals surface area contributed by atoms with Gasteiger partial charge in [0.2, 0.25) is 0 Å². The number of hydrogen-bond donors (Lipinski definition) is 2. The van der Waals surface area contributed by atoms with Crippen LogP contribution < -0.4 is 9.47 Å². The molecule has 1 unspecified atom stereocenters. The molecule has 0 spiro atoms. The Kier molecular flexibility index (Phi) is 7.35. The van der Waals surface area contributed by atoms with E-state index in [9.17, 15) is 9.90 Å². The highest BCUT2D eigenvalue weighted by Crippen LogP contribution is 2.46. The quantitative estimate of drug-likeness (QED) is 0.198. The Hall–Kier alpha value is -4.75. The van der Waals surface area contributed by atoms with Crippen molar-refractivity contribution >= 4 is 17.5 Å². The summed E-state index contributed by atoms with van der Waals surface area (Å²) in [6, 6.07) is 29.6. The lowest BCUT2D eigenvalue weighted by Gasteiger charge is -2.27. The van der Waals surface area contributed by atoms with E-state index in [4.69, 9.17) is 21.1 Å². The number of aromatic nitrogens is 2. The second kappa shape index (κ2) is 11.4. The summed E-state index contributed by atoms with van der Waals surface area (Å²) in [4.78, 5) is 15.6. The maximum atomic E-state index is 13.8. The van der Waals surface area contributed by atoms with E-state index in [1.54, 1.807) is 23.1 Å². The van der Waals surface area contributed by atoms with E-state index in [1.165, 1.54) is 0 Å². The van der Waals surface area contributed by atoms with Crippen molar-refractivity contribution in [1.29, 1.82) is 0 Å². The van der Waals surface area contributed by atoms with E-state index in [0.717, 1.165) is 16.7 Å². The van der Waals surface area contributed by atoms with E-state index in [0.29, 0.717) is 58.8 Å². The molecule has 206 valence electrons. The highest BCUT2D eigenvalue weighted by Gasteiger charge is 2.42. The summed E-state index contributed by atoms with van der Waals surface area (Å²) >= 11 is 6.12. The second-order valence-corrected chi connectivity index (χ2v) is 10.2. The SMILES string of the molecule is CCOc1cc(C2c3c(-c4ccccc4O)n[nH]c3C(=O)N2Cc2ccc(Cl)cc2)ccc1OCc1ccccc1. The number of nitrogens with zero attached hydrogens (tertiary/aromatic N) is 2. The van der Waals surface area contributed by atoms with Crippen molar-refractivity contribution in [2.24, 2.45) is 0 Å². The number of fused-ring (bicyclic) bond motifs is 1. The zero-order chi connectivity index (χ0) is 28.3. The summed E-state index contributed by atoms with van der Waals surface area (Å²) in [6.45, 7) is 3.11. The third kappa shape index (κ3) is 5.24. The predicted octanol–water partition coefficient (Wildman–Crippen LogP) is 7.16. The first kappa shape index (κ1) is 26.5. The monoisotopic (exact) mass is 565 g/mol. The van der Waals surface area contributed by atoms with E-state index >= 15 is 0 Å². The summed E-state index contributed by atoms with van der Waals surface area (Å²) < 4.78 is 12.2. The molecular weight excluding hydrogens is 538 g/mol. The fourth-order valence-electron chi connectivity index (χ4n) is 5.19.